The number of benzene rings is 2. The largest absolute Gasteiger partial charge is 0.446 e. The summed E-state index contributed by atoms with van der Waals surface area (Å²) in [5.41, 5.74) is 2.29. The van der Waals surface area contributed by atoms with Gasteiger partial charge in [-0.3, -0.25) is 0 Å². The number of carbonyl (C=O) groups excluding carboxylic acids is 1. The van der Waals surface area contributed by atoms with Crippen LogP contribution in [0.2, 0.25) is 0 Å². The van der Waals surface area contributed by atoms with E-state index in [-0.39, 0.29) is 12.6 Å². The summed E-state index contributed by atoms with van der Waals surface area (Å²) < 4.78 is 7.25. The summed E-state index contributed by atoms with van der Waals surface area (Å²) in [5.74, 6) is 0.899. The molecule has 3 heterocycles. The summed E-state index contributed by atoms with van der Waals surface area (Å²) in [4.78, 5) is 23.2. The fraction of sp³-hybridized carbons (Fsp3) is 0.200. The summed E-state index contributed by atoms with van der Waals surface area (Å²) >= 11 is 0. The summed E-state index contributed by atoms with van der Waals surface area (Å²) in [7, 11) is 0. The molecule has 1 amide bonds. The summed E-state index contributed by atoms with van der Waals surface area (Å²) in [6.07, 6.45) is 5.00. The van der Waals surface area contributed by atoms with Crippen molar-refractivity contribution in [2.24, 2.45) is 0 Å². The monoisotopic (exact) mass is 440 g/mol. The highest BCUT2D eigenvalue weighted by Gasteiger charge is 2.46. The SMILES string of the molecule is C[C@H](Nc1nccc(N2C(=O)OCC2(C)c2ccccc2)n1)c1cnn(-c2ccccc2)c1. The molecule has 0 radical (unpaired) electrons. The fourth-order valence-corrected chi connectivity index (χ4v) is 3.99. The summed E-state index contributed by atoms with van der Waals surface area (Å²) in [6.45, 7) is 4.24. The van der Waals surface area contributed by atoms with E-state index in [1.165, 1.54) is 0 Å². The first-order chi connectivity index (χ1) is 16.0. The minimum absolute atomic E-state index is 0.0938. The van der Waals surface area contributed by atoms with Crippen LogP contribution < -0.4 is 10.2 Å². The third-order valence-electron chi connectivity index (χ3n) is 5.89. The van der Waals surface area contributed by atoms with Crippen LogP contribution >= 0.6 is 0 Å². The van der Waals surface area contributed by atoms with Crippen LogP contribution in [0.4, 0.5) is 16.6 Å². The van der Waals surface area contributed by atoms with Crippen LogP contribution in [0, 0.1) is 0 Å². The number of hydrogen-bond acceptors (Lipinski definition) is 6. The molecule has 5 rings (SSSR count). The molecule has 2 aromatic carbocycles. The van der Waals surface area contributed by atoms with Crippen molar-refractivity contribution >= 4 is 17.9 Å². The Hall–Kier alpha value is -4.20. The van der Waals surface area contributed by atoms with E-state index in [0.29, 0.717) is 11.8 Å². The molecule has 1 aliphatic heterocycles. The normalized spacial score (nSPS) is 18.7. The van der Waals surface area contributed by atoms with Gasteiger partial charge in [-0.25, -0.2) is 19.4 Å². The van der Waals surface area contributed by atoms with Crippen LogP contribution in [0.15, 0.2) is 85.3 Å². The number of nitrogens with zero attached hydrogens (tertiary/aromatic N) is 5. The maximum Gasteiger partial charge on any atom is 0.416 e. The van der Waals surface area contributed by atoms with E-state index in [1.54, 1.807) is 17.2 Å². The summed E-state index contributed by atoms with van der Waals surface area (Å²) in [6, 6.07) is 21.4. The van der Waals surface area contributed by atoms with Crippen LogP contribution in [0.5, 0.6) is 0 Å². The second-order valence-electron chi connectivity index (χ2n) is 8.19. The molecule has 0 saturated carbocycles. The number of nitrogens with one attached hydrogen (secondary N) is 1. The number of cyclic esters (lactones) is 1. The number of aromatic nitrogens is 4. The van der Waals surface area contributed by atoms with Gasteiger partial charge in [-0.15, -0.1) is 0 Å². The first-order valence-electron chi connectivity index (χ1n) is 10.8. The number of hydrogen-bond donors (Lipinski definition) is 1. The van der Waals surface area contributed by atoms with Crippen LogP contribution in [0.1, 0.15) is 31.0 Å². The van der Waals surface area contributed by atoms with E-state index < -0.39 is 11.6 Å². The molecule has 1 N–H and O–H groups in total. The smallest absolute Gasteiger partial charge is 0.416 e. The second kappa shape index (κ2) is 8.38. The zero-order chi connectivity index (χ0) is 22.8. The van der Waals surface area contributed by atoms with Gasteiger partial charge in [0, 0.05) is 18.0 Å². The number of anilines is 2. The number of ether oxygens (including phenoxy) is 1. The Morgan fingerprint density at radius 1 is 1.06 bits per heavy atom. The molecule has 0 bridgehead atoms. The first-order valence-corrected chi connectivity index (χ1v) is 10.8. The minimum atomic E-state index is -0.660. The van der Waals surface area contributed by atoms with Crippen molar-refractivity contribution in [1.82, 2.24) is 19.7 Å². The molecule has 2 atom stereocenters. The van der Waals surface area contributed by atoms with E-state index >= 15 is 0 Å². The standard InChI is InChI=1S/C25H24N6O2/c1-18(19-15-27-30(16-19)21-11-7-4-8-12-21)28-23-26-14-13-22(29-23)31-24(32)33-17-25(31,2)20-9-5-3-6-10-20/h3-16,18H,17H2,1-2H3,(H,26,28,29)/t18-,25?/m0/s1. The van der Waals surface area contributed by atoms with Gasteiger partial charge in [0.1, 0.15) is 18.0 Å². The van der Waals surface area contributed by atoms with Crippen LogP contribution in [0.25, 0.3) is 5.69 Å². The average molecular weight is 441 g/mol. The zero-order valence-corrected chi connectivity index (χ0v) is 18.4. The van der Waals surface area contributed by atoms with Crippen LogP contribution in [0.3, 0.4) is 0 Å². The lowest BCUT2D eigenvalue weighted by molar-refractivity contribution is 0.174. The Labute approximate surface area is 191 Å². The number of amides is 1. The molecule has 1 aliphatic rings. The fourth-order valence-electron chi connectivity index (χ4n) is 3.99. The Morgan fingerprint density at radius 2 is 1.79 bits per heavy atom. The first kappa shape index (κ1) is 20.7. The lowest BCUT2D eigenvalue weighted by atomic mass is 9.92. The van der Waals surface area contributed by atoms with Crippen molar-refractivity contribution in [3.8, 4) is 5.69 Å². The highest BCUT2D eigenvalue weighted by Crippen LogP contribution is 2.37. The molecule has 1 unspecified atom stereocenters. The van der Waals surface area contributed by atoms with Crippen molar-refractivity contribution in [2.45, 2.75) is 25.4 Å². The van der Waals surface area contributed by atoms with E-state index in [2.05, 4.69) is 20.4 Å². The van der Waals surface area contributed by atoms with E-state index in [1.807, 2.05) is 91.6 Å². The van der Waals surface area contributed by atoms with Crippen LogP contribution in [-0.4, -0.2) is 32.4 Å². The molecular formula is C25H24N6O2. The molecule has 0 spiro atoms. The van der Waals surface area contributed by atoms with Gasteiger partial charge in [-0.1, -0.05) is 48.5 Å². The lowest BCUT2D eigenvalue weighted by Gasteiger charge is -2.31. The van der Waals surface area contributed by atoms with E-state index in [4.69, 9.17) is 4.74 Å². The van der Waals surface area contributed by atoms with Crippen molar-refractivity contribution in [1.29, 1.82) is 0 Å². The van der Waals surface area contributed by atoms with Gasteiger partial charge < -0.3 is 10.1 Å². The van der Waals surface area contributed by atoms with Gasteiger partial charge in [-0.05, 0) is 37.6 Å². The molecular weight excluding hydrogens is 416 g/mol. The topological polar surface area (TPSA) is 85.2 Å². The van der Waals surface area contributed by atoms with Gasteiger partial charge in [0.05, 0.1) is 17.9 Å². The highest BCUT2D eigenvalue weighted by atomic mass is 16.6. The molecule has 8 nitrogen and oxygen atoms in total. The predicted octanol–water partition coefficient (Wildman–Crippen LogP) is 4.71. The molecule has 0 aliphatic carbocycles. The molecule has 2 aromatic heterocycles. The van der Waals surface area contributed by atoms with Gasteiger partial charge in [0.2, 0.25) is 5.95 Å². The van der Waals surface area contributed by atoms with E-state index in [9.17, 15) is 4.79 Å². The van der Waals surface area contributed by atoms with Crippen molar-refractivity contribution in [2.75, 3.05) is 16.8 Å². The molecule has 8 heteroatoms. The zero-order valence-electron chi connectivity index (χ0n) is 18.4. The van der Waals surface area contributed by atoms with Gasteiger partial charge in [-0.2, -0.15) is 10.1 Å². The van der Waals surface area contributed by atoms with Crippen molar-refractivity contribution in [3.05, 3.63) is 96.4 Å². The van der Waals surface area contributed by atoms with Crippen molar-refractivity contribution in [3.63, 3.8) is 0 Å². The molecule has 4 aromatic rings. The molecule has 166 valence electrons. The lowest BCUT2D eigenvalue weighted by Crippen LogP contribution is -2.42. The predicted molar refractivity (Wildman–Crippen MR) is 125 cm³/mol. The highest BCUT2D eigenvalue weighted by molar-refractivity contribution is 5.90. The maximum atomic E-state index is 12.7. The Morgan fingerprint density at radius 3 is 2.55 bits per heavy atom. The maximum absolute atomic E-state index is 12.7. The van der Waals surface area contributed by atoms with Crippen molar-refractivity contribution < 1.29 is 9.53 Å². The summed E-state index contributed by atoms with van der Waals surface area (Å²) in [5, 5.41) is 7.77. The van der Waals surface area contributed by atoms with Gasteiger partial charge >= 0.3 is 6.09 Å². The van der Waals surface area contributed by atoms with E-state index in [0.717, 1.165) is 16.8 Å². The third-order valence-corrected chi connectivity index (χ3v) is 5.89. The van der Waals surface area contributed by atoms with Gasteiger partial charge in [0.15, 0.2) is 0 Å². The Bertz CT molecular complexity index is 1260. The average Bonchev–Trinajstić information content (AvgIpc) is 3.46. The number of rotatable bonds is 6. The Balaban J connectivity index is 1.38. The number of para-hydroxylation sites is 1. The van der Waals surface area contributed by atoms with Crippen LogP contribution in [-0.2, 0) is 10.3 Å². The third kappa shape index (κ3) is 3.91. The molecule has 1 fully saturated rings. The Kier molecular flexibility index (Phi) is 5.26. The molecule has 1 saturated heterocycles. The quantitative estimate of drug-likeness (QED) is 0.468. The number of carbonyl (C=O) groups is 1. The van der Waals surface area contributed by atoms with Gasteiger partial charge in [0.25, 0.3) is 0 Å². The molecule has 33 heavy (non-hydrogen) atoms. The minimum Gasteiger partial charge on any atom is -0.446 e. The second-order valence-corrected chi connectivity index (χ2v) is 8.19.